The zero-order chi connectivity index (χ0) is 15.2. The number of likely N-dealkylation sites (N-methyl/N-ethyl adjacent to an activating group) is 2. The van der Waals surface area contributed by atoms with Gasteiger partial charge >= 0.3 is 0 Å². The largest absolute Gasteiger partial charge is 0.312 e. The van der Waals surface area contributed by atoms with Gasteiger partial charge in [-0.3, -0.25) is 9.58 Å². The summed E-state index contributed by atoms with van der Waals surface area (Å²) < 4.78 is 1.99. The molecular formula is C16H31N5. The van der Waals surface area contributed by atoms with E-state index in [1.165, 1.54) is 25.1 Å². The van der Waals surface area contributed by atoms with E-state index in [1.807, 2.05) is 17.9 Å². The third-order valence-electron chi connectivity index (χ3n) is 4.65. The number of aryl methyl sites for hydroxylation is 2. The van der Waals surface area contributed by atoms with E-state index in [9.17, 15) is 0 Å². The van der Waals surface area contributed by atoms with Crippen molar-refractivity contribution in [3.8, 4) is 0 Å². The Morgan fingerprint density at radius 3 is 2.81 bits per heavy atom. The van der Waals surface area contributed by atoms with Crippen molar-refractivity contribution in [1.82, 2.24) is 24.9 Å². The summed E-state index contributed by atoms with van der Waals surface area (Å²) in [6.07, 6.45) is 5.34. The van der Waals surface area contributed by atoms with E-state index < -0.39 is 0 Å². The molecule has 0 saturated carbocycles. The van der Waals surface area contributed by atoms with Crippen LogP contribution in [0, 0.1) is 0 Å². The third kappa shape index (κ3) is 4.53. The van der Waals surface area contributed by atoms with Crippen LogP contribution >= 0.6 is 0 Å². The Balaban J connectivity index is 1.97. The van der Waals surface area contributed by atoms with Gasteiger partial charge in [0, 0.05) is 50.7 Å². The van der Waals surface area contributed by atoms with Crippen LogP contribution in [0.2, 0.25) is 0 Å². The molecule has 2 heterocycles. The molecule has 0 radical (unpaired) electrons. The van der Waals surface area contributed by atoms with E-state index in [0.717, 1.165) is 26.1 Å². The molecule has 1 aromatic heterocycles. The lowest BCUT2D eigenvalue weighted by molar-refractivity contribution is 0.0852. The van der Waals surface area contributed by atoms with Crippen LogP contribution in [-0.2, 0) is 13.5 Å². The van der Waals surface area contributed by atoms with Crippen molar-refractivity contribution >= 4 is 0 Å². The second kappa shape index (κ2) is 7.92. The van der Waals surface area contributed by atoms with Gasteiger partial charge in [0.05, 0.1) is 0 Å². The molecule has 5 heteroatoms. The molecule has 21 heavy (non-hydrogen) atoms. The molecule has 1 aliphatic heterocycles. The minimum Gasteiger partial charge on any atom is -0.312 e. The second-order valence-electron chi connectivity index (χ2n) is 6.36. The van der Waals surface area contributed by atoms with Crippen molar-refractivity contribution in [2.24, 2.45) is 7.05 Å². The third-order valence-corrected chi connectivity index (χ3v) is 4.65. The van der Waals surface area contributed by atoms with E-state index in [0.29, 0.717) is 12.1 Å². The normalized spacial score (nSPS) is 22.6. The molecule has 1 aromatic rings. The predicted molar refractivity (Wildman–Crippen MR) is 87.5 cm³/mol. The summed E-state index contributed by atoms with van der Waals surface area (Å²) in [5.74, 6) is 0. The average molecular weight is 293 g/mol. The van der Waals surface area contributed by atoms with Crippen LogP contribution in [0.1, 0.15) is 25.5 Å². The molecule has 1 fully saturated rings. The quantitative estimate of drug-likeness (QED) is 0.813. The number of aromatic nitrogens is 2. The van der Waals surface area contributed by atoms with Crippen molar-refractivity contribution in [3.63, 3.8) is 0 Å². The van der Waals surface area contributed by atoms with Gasteiger partial charge in [-0.2, -0.15) is 5.10 Å². The molecule has 0 amide bonds. The molecule has 2 atom stereocenters. The summed E-state index contributed by atoms with van der Waals surface area (Å²) in [7, 11) is 6.53. The molecule has 0 spiro atoms. The molecule has 1 N–H and O–H groups in total. The fourth-order valence-electron chi connectivity index (χ4n) is 3.19. The summed E-state index contributed by atoms with van der Waals surface area (Å²) in [6, 6.07) is 3.28. The Hall–Kier alpha value is -0.910. The van der Waals surface area contributed by atoms with Crippen molar-refractivity contribution in [2.45, 2.75) is 38.3 Å². The molecule has 5 nitrogen and oxygen atoms in total. The topological polar surface area (TPSA) is 36.3 Å². The first-order valence-corrected chi connectivity index (χ1v) is 8.21. The van der Waals surface area contributed by atoms with Crippen molar-refractivity contribution < 1.29 is 0 Å². The highest BCUT2D eigenvalue weighted by molar-refractivity contribution is 5.01. The van der Waals surface area contributed by atoms with Crippen molar-refractivity contribution in [2.75, 3.05) is 40.3 Å². The van der Waals surface area contributed by atoms with E-state index in [1.54, 1.807) is 0 Å². The van der Waals surface area contributed by atoms with Gasteiger partial charge in [0.1, 0.15) is 0 Å². The van der Waals surface area contributed by atoms with E-state index in [-0.39, 0.29) is 0 Å². The smallest absolute Gasteiger partial charge is 0.0492 e. The fraction of sp³-hybridized carbons (Fsp3) is 0.812. The molecule has 0 aromatic carbocycles. The maximum Gasteiger partial charge on any atom is 0.0492 e. The lowest BCUT2D eigenvalue weighted by Crippen LogP contribution is -2.58. The highest BCUT2D eigenvalue weighted by atomic mass is 15.3. The molecule has 0 aliphatic carbocycles. The molecule has 2 unspecified atom stereocenters. The first-order chi connectivity index (χ1) is 10.1. The standard InChI is InChI=1S/C16H31N5/c1-5-9-17-15(7-6-14-8-10-18-21(14)4)16-13-19(2)11-12-20(16)3/h8,10,15-17H,5-7,9,11-13H2,1-4H3. The first kappa shape index (κ1) is 16.5. The molecular weight excluding hydrogens is 262 g/mol. The summed E-state index contributed by atoms with van der Waals surface area (Å²) in [5, 5.41) is 8.05. The minimum atomic E-state index is 0.549. The van der Waals surface area contributed by atoms with Crippen LogP contribution in [0.5, 0.6) is 0 Å². The molecule has 2 rings (SSSR count). The molecule has 1 saturated heterocycles. The Kier molecular flexibility index (Phi) is 6.21. The van der Waals surface area contributed by atoms with Gasteiger partial charge in [0.15, 0.2) is 0 Å². The zero-order valence-corrected chi connectivity index (χ0v) is 14.0. The van der Waals surface area contributed by atoms with Gasteiger partial charge in [-0.25, -0.2) is 0 Å². The number of hydrogen-bond acceptors (Lipinski definition) is 4. The number of nitrogens with zero attached hydrogens (tertiary/aromatic N) is 4. The average Bonchev–Trinajstić information content (AvgIpc) is 2.87. The number of rotatable bonds is 7. The van der Waals surface area contributed by atoms with Gasteiger partial charge in [-0.15, -0.1) is 0 Å². The summed E-state index contributed by atoms with van der Waals surface area (Å²) in [6.45, 7) is 6.83. The Morgan fingerprint density at radius 2 is 2.14 bits per heavy atom. The maximum absolute atomic E-state index is 4.27. The minimum absolute atomic E-state index is 0.549. The van der Waals surface area contributed by atoms with Crippen LogP contribution in [0.4, 0.5) is 0 Å². The molecule has 1 aliphatic rings. The van der Waals surface area contributed by atoms with Crippen LogP contribution in [0.3, 0.4) is 0 Å². The second-order valence-corrected chi connectivity index (χ2v) is 6.36. The van der Waals surface area contributed by atoms with Gasteiger partial charge in [-0.05, 0) is 46.0 Å². The highest BCUT2D eigenvalue weighted by Crippen LogP contribution is 2.15. The van der Waals surface area contributed by atoms with Crippen molar-refractivity contribution in [1.29, 1.82) is 0 Å². The number of hydrogen-bond donors (Lipinski definition) is 1. The van der Waals surface area contributed by atoms with Gasteiger partial charge in [-0.1, -0.05) is 6.92 Å². The van der Waals surface area contributed by atoms with Crippen molar-refractivity contribution in [3.05, 3.63) is 18.0 Å². The molecule has 120 valence electrons. The molecule has 0 bridgehead atoms. The Morgan fingerprint density at radius 1 is 1.33 bits per heavy atom. The summed E-state index contributed by atoms with van der Waals surface area (Å²) in [4.78, 5) is 4.98. The van der Waals surface area contributed by atoms with E-state index >= 15 is 0 Å². The maximum atomic E-state index is 4.27. The number of piperazine rings is 1. The predicted octanol–water partition coefficient (Wildman–Crippen LogP) is 0.967. The number of nitrogens with one attached hydrogen (secondary N) is 1. The van der Waals surface area contributed by atoms with E-state index in [4.69, 9.17) is 0 Å². The van der Waals surface area contributed by atoms with Crippen LogP contribution in [-0.4, -0.2) is 71.9 Å². The lowest BCUT2D eigenvalue weighted by atomic mass is 9.98. The van der Waals surface area contributed by atoms with Crippen LogP contribution < -0.4 is 5.32 Å². The lowest BCUT2D eigenvalue weighted by Gasteiger charge is -2.42. The fourth-order valence-corrected chi connectivity index (χ4v) is 3.19. The monoisotopic (exact) mass is 293 g/mol. The van der Waals surface area contributed by atoms with Gasteiger partial charge < -0.3 is 10.2 Å². The van der Waals surface area contributed by atoms with Crippen LogP contribution in [0.25, 0.3) is 0 Å². The summed E-state index contributed by atoms with van der Waals surface area (Å²) >= 11 is 0. The van der Waals surface area contributed by atoms with Gasteiger partial charge in [0.2, 0.25) is 0 Å². The Bertz CT molecular complexity index is 417. The van der Waals surface area contributed by atoms with Gasteiger partial charge in [0.25, 0.3) is 0 Å². The first-order valence-electron chi connectivity index (χ1n) is 8.21. The van der Waals surface area contributed by atoms with Crippen LogP contribution in [0.15, 0.2) is 12.3 Å². The Labute approximate surface area is 129 Å². The zero-order valence-electron chi connectivity index (χ0n) is 14.0. The highest BCUT2D eigenvalue weighted by Gasteiger charge is 2.29. The SMILES string of the molecule is CCCNC(CCc1ccnn1C)C1CN(C)CCN1C. The van der Waals surface area contributed by atoms with E-state index in [2.05, 4.69) is 47.3 Å². The summed E-state index contributed by atoms with van der Waals surface area (Å²) in [5.41, 5.74) is 1.32.